The lowest BCUT2D eigenvalue weighted by molar-refractivity contribution is 0.629. The molecule has 0 radical (unpaired) electrons. The van der Waals surface area contributed by atoms with Crippen LogP contribution in [0.2, 0.25) is 0 Å². The number of para-hydroxylation sites is 1. The van der Waals surface area contributed by atoms with Gasteiger partial charge in [-0.1, -0.05) is 176 Å². The molecular formula is C52H34FN. The zero-order chi connectivity index (χ0) is 36.0. The third-order valence-electron chi connectivity index (χ3n) is 10.7. The van der Waals surface area contributed by atoms with Gasteiger partial charge in [-0.15, -0.1) is 0 Å². The molecule has 0 unspecified atom stereocenters. The summed E-state index contributed by atoms with van der Waals surface area (Å²) in [6, 6.07) is 71.7. The predicted molar refractivity (Wildman–Crippen MR) is 227 cm³/mol. The van der Waals surface area contributed by atoms with Crippen molar-refractivity contribution in [2.24, 2.45) is 0 Å². The number of halogens is 1. The number of hydrogen-bond donors (Lipinski definition) is 0. The molecule has 0 fully saturated rings. The lowest BCUT2D eigenvalue weighted by Crippen LogP contribution is -2.12. The molecule has 0 aliphatic heterocycles. The predicted octanol–water partition coefficient (Wildman–Crippen LogP) is 14.9. The highest BCUT2D eigenvalue weighted by atomic mass is 19.1. The molecule has 0 amide bonds. The van der Waals surface area contributed by atoms with E-state index in [9.17, 15) is 0 Å². The minimum atomic E-state index is -0.268. The fourth-order valence-corrected chi connectivity index (χ4v) is 8.25. The summed E-state index contributed by atoms with van der Waals surface area (Å²) in [5, 5.41) is 9.62. The first-order valence-corrected chi connectivity index (χ1v) is 18.4. The monoisotopic (exact) mass is 691 g/mol. The van der Waals surface area contributed by atoms with Crippen molar-refractivity contribution in [2.75, 3.05) is 4.90 Å². The lowest BCUT2D eigenvalue weighted by atomic mass is 9.84. The van der Waals surface area contributed by atoms with E-state index in [0.29, 0.717) is 5.69 Å². The third-order valence-corrected chi connectivity index (χ3v) is 10.7. The van der Waals surface area contributed by atoms with Crippen LogP contribution in [0.15, 0.2) is 206 Å². The van der Waals surface area contributed by atoms with Gasteiger partial charge >= 0.3 is 0 Å². The highest BCUT2D eigenvalue weighted by Gasteiger charge is 2.20. The van der Waals surface area contributed by atoms with Crippen molar-refractivity contribution in [2.45, 2.75) is 0 Å². The van der Waals surface area contributed by atoms with Crippen molar-refractivity contribution < 1.29 is 4.39 Å². The molecule has 1 nitrogen and oxygen atoms in total. The molecule has 10 rings (SSSR count). The van der Waals surface area contributed by atoms with Gasteiger partial charge in [-0.2, -0.15) is 0 Å². The Kier molecular flexibility index (Phi) is 7.74. The van der Waals surface area contributed by atoms with Crippen molar-refractivity contribution >= 4 is 60.2 Å². The minimum Gasteiger partial charge on any atom is -0.307 e. The molecule has 254 valence electrons. The summed E-state index contributed by atoms with van der Waals surface area (Å²) < 4.78 is 15.5. The summed E-state index contributed by atoms with van der Waals surface area (Å²) in [5.74, 6) is -0.268. The van der Waals surface area contributed by atoms with Gasteiger partial charge in [0, 0.05) is 11.1 Å². The second-order valence-electron chi connectivity index (χ2n) is 13.8. The maximum Gasteiger partial charge on any atom is 0.147 e. The Balaban J connectivity index is 1.06. The summed E-state index contributed by atoms with van der Waals surface area (Å²) in [4.78, 5) is 2.02. The van der Waals surface area contributed by atoms with Gasteiger partial charge in [0.15, 0.2) is 0 Å². The average molecular weight is 692 g/mol. The van der Waals surface area contributed by atoms with Crippen molar-refractivity contribution in [3.05, 3.63) is 212 Å². The number of hydrogen-bond acceptors (Lipinski definition) is 1. The first-order valence-electron chi connectivity index (χ1n) is 18.4. The fourth-order valence-electron chi connectivity index (χ4n) is 8.25. The Morgan fingerprint density at radius 3 is 1.35 bits per heavy atom. The Morgan fingerprint density at radius 1 is 0.296 bits per heavy atom. The number of fused-ring (bicyclic) bond motifs is 4. The molecule has 2 heteroatoms. The standard InChI is InChI=1S/C52H34FN/c53-48-24-9-10-25-50(48)54(49-26-12-16-38-14-2-4-18-42(38)49)40-33-31-36(32-34-40)35-27-29-39(30-28-35)51-44-19-5-7-21-46(44)52(47-22-8-6-20-45(47)51)43-23-11-15-37-13-1-3-17-41(37)43/h1-34H. The molecule has 0 N–H and O–H groups in total. The van der Waals surface area contributed by atoms with E-state index in [-0.39, 0.29) is 5.82 Å². The lowest BCUT2D eigenvalue weighted by Gasteiger charge is -2.27. The van der Waals surface area contributed by atoms with E-state index in [1.54, 1.807) is 6.07 Å². The largest absolute Gasteiger partial charge is 0.307 e. The second kappa shape index (κ2) is 13.2. The highest BCUT2D eigenvalue weighted by Crippen LogP contribution is 2.46. The molecule has 0 aliphatic rings. The van der Waals surface area contributed by atoms with Gasteiger partial charge in [0.2, 0.25) is 0 Å². The molecule has 0 aromatic heterocycles. The maximum absolute atomic E-state index is 15.5. The topological polar surface area (TPSA) is 3.24 Å². The molecule has 54 heavy (non-hydrogen) atoms. The van der Waals surface area contributed by atoms with Crippen LogP contribution in [0, 0.1) is 5.82 Å². The summed E-state index contributed by atoms with van der Waals surface area (Å²) in [6.45, 7) is 0. The minimum absolute atomic E-state index is 0.268. The Bertz CT molecular complexity index is 2930. The summed E-state index contributed by atoms with van der Waals surface area (Å²) >= 11 is 0. The van der Waals surface area contributed by atoms with Crippen LogP contribution >= 0.6 is 0 Å². The van der Waals surface area contributed by atoms with E-state index in [1.165, 1.54) is 60.6 Å². The first kappa shape index (κ1) is 31.7. The molecular weight excluding hydrogens is 658 g/mol. The van der Waals surface area contributed by atoms with Gasteiger partial charge in [0.05, 0.1) is 11.4 Å². The Hall–Kier alpha value is -7.03. The van der Waals surface area contributed by atoms with Crippen LogP contribution in [0.1, 0.15) is 0 Å². The summed E-state index contributed by atoms with van der Waals surface area (Å²) in [7, 11) is 0. The van der Waals surface area contributed by atoms with E-state index in [0.717, 1.165) is 33.3 Å². The van der Waals surface area contributed by atoms with Crippen LogP contribution in [0.25, 0.3) is 76.5 Å². The molecule has 0 aliphatic carbocycles. The van der Waals surface area contributed by atoms with Crippen molar-refractivity contribution in [1.29, 1.82) is 0 Å². The van der Waals surface area contributed by atoms with E-state index >= 15 is 4.39 Å². The van der Waals surface area contributed by atoms with Crippen LogP contribution in [0.3, 0.4) is 0 Å². The summed E-state index contributed by atoms with van der Waals surface area (Å²) in [6.07, 6.45) is 0. The van der Waals surface area contributed by atoms with Gasteiger partial charge < -0.3 is 4.90 Å². The van der Waals surface area contributed by atoms with Crippen LogP contribution in [0.4, 0.5) is 21.5 Å². The Labute approximate surface area is 313 Å². The molecule has 0 saturated carbocycles. The molecule has 0 spiro atoms. The van der Waals surface area contributed by atoms with Crippen LogP contribution in [-0.2, 0) is 0 Å². The van der Waals surface area contributed by atoms with Crippen LogP contribution in [-0.4, -0.2) is 0 Å². The van der Waals surface area contributed by atoms with E-state index in [4.69, 9.17) is 0 Å². The van der Waals surface area contributed by atoms with Gasteiger partial charge in [-0.05, 0) is 101 Å². The summed E-state index contributed by atoms with van der Waals surface area (Å²) in [5.41, 5.74) is 9.48. The van der Waals surface area contributed by atoms with Gasteiger partial charge in [-0.3, -0.25) is 0 Å². The SMILES string of the molecule is Fc1ccccc1N(c1ccc(-c2ccc(-c3c4ccccc4c(-c4cccc5ccccc45)c4ccccc34)cc2)cc1)c1cccc2ccccc12. The Morgan fingerprint density at radius 2 is 0.722 bits per heavy atom. The van der Waals surface area contributed by atoms with Crippen molar-refractivity contribution in [3.8, 4) is 33.4 Å². The van der Waals surface area contributed by atoms with Gasteiger partial charge in [-0.25, -0.2) is 4.39 Å². The van der Waals surface area contributed by atoms with Crippen LogP contribution in [0.5, 0.6) is 0 Å². The molecule has 0 bridgehead atoms. The second-order valence-corrected chi connectivity index (χ2v) is 13.8. The van der Waals surface area contributed by atoms with E-state index in [2.05, 4.69) is 164 Å². The van der Waals surface area contributed by atoms with Gasteiger partial charge in [0.25, 0.3) is 0 Å². The first-order chi connectivity index (χ1) is 26.7. The molecule has 10 aromatic rings. The maximum atomic E-state index is 15.5. The van der Waals surface area contributed by atoms with E-state index < -0.39 is 0 Å². The molecule has 0 heterocycles. The smallest absolute Gasteiger partial charge is 0.147 e. The normalized spacial score (nSPS) is 11.4. The fraction of sp³-hybridized carbons (Fsp3) is 0. The number of nitrogens with zero attached hydrogens (tertiary/aromatic N) is 1. The molecule has 0 atom stereocenters. The molecule has 10 aromatic carbocycles. The van der Waals surface area contributed by atoms with Crippen molar-refractivity contribution in [1.82, 2.24) is 0 Å². The number of anilines is 3. The average Bonchev–Trinajstić information content (AvgIpc) is 3.24. The quantitative estimate of drug-likeness (QED) is 0.157. The number of rotatable bonds is 6. The van der Waals surface area contributed by atoms with Crippen LogP contribution < -0.4 is 4.90 Å². The van der Waals surface area contributed by atoms with Gasteiger partial charge in [0.1, 0.15) is 5.82 Å². The zero-order valence-corrected chi connectivity index (χ0v) is 29.5. The molecule has 0 saturated heterocycles. The number of benzene rings is 10. The third kappa shape index (κ3) is 5.31. The van der Waals surface area contributed by atoms with E-state index in [1.807, 2.05) is 35.2 Å². The van der Waals surface area contributed by atoms with Crippen molar-refractivity contribution in [3.63, 3.8) is 0 Å². The highest BCUT2D eigenvalue weighted by molar-refractivity contribution is 6.23. The zero-order valence-electron chi connectivity index (χ0n) is 29.5.